The number of aryl methyl sites for hydroxylation is 1. The molecule has 0 aliphatic rings. The first kappa shape index (κ1) is 13.1. The topological polar surface area (TPSA) is 46.9 Å². The molecule has 0 atom stereocenters. The van der Waals surface area contributed by atoms with Crippen molar-refractivity contribution in [3.63, 3.8) is 0 Å². The summed E-state index contributed by atoms with van der Waals surface area (Å²) in [6.45, 7) is 0. The summed E-state index contributed by atoms with van der Waals surface area (Å²) < 4.78 is 39.4. The molecule has 2 aromatic rings. The van der Waals surface area contributed by atoms with Gasteiger partial charge in [-0.3, -0.25) is 9.48 Å². The highest BCUT2D eigenvalue weighted by molar-refractivity contribution is 6.04. The van der Waals surface area contributed by atoms with Crippen molar-refractivity contribution < 1.29 is 18.0 Å². The summed E-state index contributed by atoms with van der Waals surface area (Å²) >= 11 is 0. The van der Waals surface area contributed by atoms with Gasteiger partial charge in [-0.05, 0) is 18.2 Å². The Labute approximate surface area is 106 Å². The van der Waals surface area contributed by atoms with Gasteiger partial charge in [0.2, 0.25) is 0 Å². The molecule has 0 radical (unpaired) electrons. The van der Waals surface area contributed by atoms with Gasteiger partial charge in [0.05, 0.1) is 5.56 Å². The number of halogens is 3. The van der Waals surface area contributed by atoms with Crippen LogP contribution >= 0.6 is 0 Å². The minimum atomic E-state index is -2.85. The minimum absolute atomic E-state index is 0.189. The van der Waals surface area contributed by atoms with Crippen molar-refractivity contribution in [3.8, 4) is 0 Å². The summed E-state index contributed by atoms with van der Waals surface area (Å²) in [5.41, 5.74) is -0.646. The number of nitrogens with zero attached hydrogens (tertiary/aromatic N) is 2. The van der Waals surface area contributed by atoms with Gasteiger partial charge in [-0.2, -0.15) is 5.10 Å². The maximum absolute atomic E-state index is 12.9. The third kappa shape index (κ3) is 2.93. The average molecular weight is 269 g/mol. The Bertz CT molecular complexity index is 610. The van der Waals surface area contributed by atoms with Gasteiger partial charge in [-0.1, -0.05) is 6.07 Å². The summed E-state index contributed by atoms with van der Waals surface area (Å²) in [7, 11) is 1.44. The predicted octanol–water partition coefficient (Wildman–Crippen LogP) is 2.75. The fraction of sp³-hybridized carbons (Fsp3) is 0.167. The maximum Gasteiger partial charge on any atom is 0.282 e. The number of carbonyl (C=O) groups excluding carboxylic acids is 1. The lowest BCUT2D eigenvalue weighted by atomic mass is 10.2. The van der Waals surface area contributed by atoms with Gasteiger partial charge in [0.15, 0.2) is 0 Å². The van der Waals surface area contributed by atoms with Gasteiger partial charge < -0.3 is 5.32 Å². The van der Waals surface area contributed by atoms with Crippen molar-refractivity contribution >= 4 is 11.6 Å². The van der Waals surface area contributed by atoms with E-state index in [1.165, 1.54) is 31.4 Å². The van der Waals surface area contributed by atoms with Crippen LogP contribution in [0.25, 0.3) is 0 Å². The molecule has 1 aromatic heterocycles. The van der Waals surface area contributed by atoms with Crippen LogP contribution in [0.3, 0.4) is 0 Å². The smallest absolute Gasteiger partial charge is 0.282 e. The Morgan fingerprint density at radius 3 is 2.79 bits per heavy atom. The van der Waals surface area contributed by atoms with Crippen LogP contribution in [0.4, 0.5) is 18.9 Å². The largest absolute Gasteiger partial charge is 0.322 e. The second-order valence-electron chi connectivity index (χ2n) is 3.87. The fourth-order valence-electron chi connectivity index (χ4n) is 1.61. The molecule has 1 heterocycles. The van der Waals surface area contributed by atoms with Gasteiger partial charge in [-0.15, -0.1) is 0 Å². The van der Waals surface area contributed by atoms with Crippen LogP contribution < -0.4 is 5.32 Å². The number of nitrogens with one attached hydrogen (secondary N) is 1. The molecular weight excluding hydrogens is 259 g/mol. The van der Waals surface area contributed by atoms with Gasteiger partial charge in [0, 0.05) is 18.9 Å². The number of benzene rings is 1. The van der Waals surface area contributed by atoms with E-state index >= 15 is 0 Å². The lowest BCUT2D eigenvalue weighted by Crippen LogP contribution is -2.13. The van der Waals surface area contributed by atoms with Crippen LogP contribution in [-0.4, -0.2) is 15.7 Å². The number of aromatic nitrogens is 2. The van der Waals surface area contributed by atoms with Crippen molar-refractivity contribution in [2.45, 2.75) is 6.43 Å². The van der Waals surface area contributed by atoms with E-state index in [1.807, 2.05) is 0 Å². The van der Waals surface area contributed by atoms with E-state index in [4.69, 9.17) is 0 Å². The van der Waals surface area contributed by atoms with Crippen LogP contribution in [0.1, 0.15) is 22.5 Å². The predicted molar refractivity (Wildman–Crippen MR) is 62.5 cm³/mol. The Morgan fingerprint density at radius 1 is 1.42 bits per heavy atom. The van der Waals surface area contributed by atoms with Crippen LogP contribution in [0.15, 0.2) is 30.5 Å². The number of hydrogen-bond donors (Lipinski definition) is 1. The number of rotatable bonds is 3. The summed E-state index contributed by atoms with van der Waals surface area (Å²) in [4.78, 5) is 11.8. The van der Waals surface area contributed by atoms with E-state index in [-0.39, 0.29) is 11.3 Å². The molecule has 0 aliphatic heterocycles. The molecule has 0 saturated heterocycles. The first-order valence-electron chi connectivity index (χ1n) is 5.36. The lowest BCUT2D eigenvalue weighted by Gasteiger charge is -2.04. The van der Waals surface area contributed by atoms with Crippen molar-refractivity contribution in [2.24, 2.45) is 7.05 Å². The quantitative estimate of drug-likeness (QED) is 0.931. The van der Waals surface area contributed by atoms with Crippen LogP contribution in [0.2, 0.25) is 0 Å². The summed E-state index contributed by atoms with van der Waals surface area (Å²) in [6, 6.07) is 5.17. The second-order valence-corrected chi connectivity index (χ2v) is 3.87. The van der Waals surface area contributed by atoms with Crippen LogP contribution in [0, 0.1) is 5.82 Å². The van der Waals surface area contributed by atoms with Gasteiger partial charge in [0.25, 0.3) is 12.3 Å². The Balaban J connectivity index is 2.25. The molecule has 1 N–H and O–H groups in total. The summed E-state index contributed by atoms with van der Waals surface area (Å²) in [5, 5.41) is 5.86. The van der Waals surface area contributed by atoms with E-state index < -0.39 is 23.8 Å². The van der Waals surface area contributed by atoms with Crippen molar-refractivity contribution in [1.82, 2.24) is 9.78 Å². The number of anilines is 1. The van der Waals surface area contributed by atoms with Gasteiger partial charge in [0.1, 0.15) is 11.5 Å². The third-order valence-electron chi connectivity index (χ3n) is 2.39. The average Bonchev–Trinajstić information content (AvgIpc) is 2.71. The standard InChI is InChI=1S/C12H10F3N3O/c1-18-6-9(10(17-18)11(14)15)12(19)16-8-4-2-3-7(13)5-8/h2-6,11H,1H3,(H,16,19). The first-order valence-corrected chi connectivity index (χ1v) is 5.36. The summed E-state index contributed by atoms with van der Waals surface area (Å²) in [6.07, 6.45) is -1.66. The van der Waals surface area contributed by atoms with Crippen LogP contribution in [0.5, 0.6) is 0 Å². The molecule has 0 aliphatic carbocycles. The highest BCUT2D eigenvalue weighted by atomic mass is 19.3. The Hall–Kier alpha value is -2.31. The van der Waals surface area contributed by atoms with E-state index in [0.717, 1.165) is 10.7 Å². The molecule has 0 unspecified atom stereocenters. The highest BCUT2D eigenvalue weighted by Crippen LogP contribution is 2.22. The maximum atomic E-state index is 12.9. The molecule has 0 fully saturated rings. The van der Waals surface area contributed by atoms with E-state index in [2.05, 4.69) is 10.4 Å². The van der Waals surface area contributed by atoms with Crippen LogP contribution in [-0.2, 0) is 7.05 Å². The molecule has 19 heavy (non-hydrogen) atoms. The number of hydrogen-bond acceptors (Lipinski definition) is 2. The van der Waals surface area contributed by atoms with Crippen molar-refractivity contribution in [3.05, 3.63) is 47.5 Å². The number of carbonyl (C=O) groups is 1. The number of amides is 1. The van der Waals surface area contributed by atoms with Crippen molar-refractivity contribution in [1.29, 1.82) is 0 Å². The second kappa shape index (κ2) is 5.13. The van der Waals surface area contributed by atoms with Crippen molar-refractivity contribution in [2.75, 3.05) is 5.32 Å². The lowest BCUT2D eigenvalue weighted by molar-refractivity contribution is 0.101. The van der Waals surface area contributed by atoms with E-state index in [9.17, 15) is 18.0 Å². The minimum Gasteiger partial charge on any atom is -0.322 e. The van der Waals surface area contributed by atoms with E-state index in [1.54, 1.807) is 0 Å². The molecule has 7 heteroatoms. The molecule has 2 rings (SSSR count). The molecule has 100 valence electrons. The molecular formula is C12H10F3N3O. The molecule has 0 saturated carbocycles. The third-order valence-corrected chi connectivity index (χ3v) is 2.39. The zero-order valence-electron chi connectivity index (χ0n) is 9.90. The highest BCUT2D eigenvalue weighted by Gasteiger charge is 2.22. The molecule has 1 amide bonds. The van der Waals surface area contributed by atoms with Gasteiger partial charge in [-0.25, -0.2) is 13.2 Å². The van der Waals surface area contributed by atoms with Gasteiger partial charge >= 0.3 is 0 Å². The molecule has 4 nitrogen and oxygen atoms in total. The molecule has 0 bridgehead atoms. The fourth-order valence-corrected chi connectivity index (χ4v) is 1.61. The zero-order valence-corrected chi connectivity index (χ0v) is 9.90. The summed E-state index contributed by atoms with van der Waals surface area (Å²) in [5.74, 6) is -1.29. The number of alkyl halides is 2. The Kier molecular flexibility index (Phi) is 3.55. The molecule has 1 aromatic carbocycles. The van der Waals surface area contributed by atoms with E-state index in [0.29, 0.717) is 0 Å². The first-order chi connectivity index (χ1) is 8.97. The normalized spacial score (nSPS) is 10.8. The monoisotopic (exact) mass is 269 g/mol. The molecule has 0 spiro atoms. The SMILES string of the molecule is Cn1cc(C(=O)Nc2cccc(F)c2)c(C(F)F)n1. The Morgan fingerprint density at radius 2 is 2.16 bits per heavy atom. The zero-order chi connectivity index (χ0) is 14.0.